The van der Waals surface area contributed by atoms with Crippen LogP contribution < -0.4 is 5.32 Å². The second-order valence-corrected chi connectivity index (χ2v) is 29.3. The molecular weight excluding hydrogens is 1130 g/mol. The maximum absolute atomic E-state index is 13.2. The minimum atomic E-state index is -1.57. The summed E-state index contributed by atoms with van der Waals surface area (Å²) in [4.78, 5) is 13.2. The van der Waals surface area contributed by atoms with Crippen molar-refractivity contribution in [2.75, 3.05) is 13.2 Å². The highest BCUT2D eigenvalue weighted by Crippen LogP contribution is 2.24. The van der Waals surface area contributed by atoms with Crippen molar-refractivity contribution in [2.45, 2.75) is 493 Å². The molecule has 6 N–H and O–H groups in total. The number of amides is 1. The number of aliphatic hydroxyl groups excluding tert-OH is 5. The van der Waals surface area contributed by atoms with E-state index in [1.807, 2.05) is 6.08 Å². The van der Waals surface area contributed by atoms with E-state index in [1.165, 1.54) is 392 Å². The Balaban J connectivity index is 2.03. The van der Waals surface area contributed by atoms with Gasteiger partial charge < -0.3 is 40.3 Å². The van der Waals surface area contributed by atoms with Crippen molar-refractivity contribution in [1.82, 2.24) is 5.32 Å². The molecule has 7 atom stereocenters. The Morgan fingerprint density at radius 2 is 0.604 bits per heavy atom. The number of nitrogens with one attached hydrogen (secondary N) is 1. The SMILES string of the molecule is CCCCCCCCCCCCCCCCCCCCCCCCCCCCC/C=C/C(O)C(COC1OC(CO)C(O)C(O)C1O)NC(=O)CCCCCCCCCCCCCCCCCCCCCCCCCCCCCCCCCCCCCCCCC. The average molecular weight is 1290 g/mol. The molecule has 9 heteroatoms. The fourth-order valence-corrected chi connectivity index (χ4v) is 13.9. The lowest BCUT2D eigenvalue weighted by Gasteiger charge is -2.40. The van der Waals surface area contributed by atoms with Crippen LogP contribution in [0.3, 0.4) is 0 Å². The molecule has 0 bridgehead atoms. The zero-order valence-corrected chi connectivity index (χ0v) is 61.2. The third-order valence-corrected chi connectivity index (χ3v) is 20.4. The van der Waals surface area contributed by atoms with Crippen LogP contribution in [-0.2, 0) is 14.3 Å². The molecule has 7 unspecified atom stereocenters. The smallest absolute Gasteiger partial charge is 0.220 e. The number of allylic oxidation sites excluding steroid dienone is 1. The Bertz CT molecular complexity index is 1450. The summed E-state index contributed by atoms with van der Waals surface area (Å²) in [5.41, 5.74) is 0. The zero-order chi connectivity index (χ0) is 65.7. The monoisotopic (exact) mass is 1290 g/mol. The number of rotatable bonds is 75. The lowest BCUT2D eigenvalue weighted by atomic mass is 9.99. The van der Waals surface area contributed by atoms with Crippen molar-refractivity contribution in [3.63, 3.8) is 0 Å². The maximum atomic E-state index is 13.2. The van der Waals surface area contributed by atoms with Crippen molar-refractivity contribution in [2.24, 2.45) is 0 Å². The summed E-state index contributed by atoms with van der Waals surface area (Å²) in [7, 11) is 0. The molecule has 1 amide bonds. The highest BCUT2D eigenvalue weighted by atomic mass is 16.7. The third kappa shape index (κ3) is 59.9. The van der Waals surface area contributed by atoms with Gasteiger partial charge in [0, 0.05) is 6.42 Å². The number of ether oxygens (including phenoxy) is 2. The van der Waals surface area contributed by atoms with Crippen LogP contribution in [-0.4, -0.2) is 87.5 Å². The predicted molar refractivity (Wildman–Crippen MR) is 392 cm³/mol. The molecule has 91 heavy (non-hydrogen) atoms. The molecule has 1 heterocycles. The standard InChI is InChI=1S/C82H161NO8/c1-3-5-7-9-11-13-15-17-19-21-23-25-27-29-31-33-34-35-36-37-38-39-40-41-42-44-46-48-50-52-54-56-58-60-62-64-66-68-70-72-78(86)83-75(74-90-82-81(89)80(88)79(87)77(73-84)91-82)76(85)71-69-67-65-63-61-59-57-55-53-51-49-47-45-43-32-30-28-26-24-22-20-18-16-14-12-10-8-6-4-2/h69,71,75-77,79-82,84-85,87-89H,3-68,70,72-74H2,1-2H3,(H,83,86)/b71-69+. The minimum Gasteiger partial charge on any atom is -0.394 e. The number of aliphatic hydroxyl groups is 5. The highest BCUT2D eigenvalue weighted by Gasteiger charge is 2.44. The first-order valence-electron chi connectivity index (χ1n) is 41.4. The minimum absolute atomic E-state index is 0.165. The zero-order valence-electron chi connectivity index (χ0n) is 61.2. The molecule has 0 spiro atoms. The number of hydrogen-bond acceptors (Lipinski definition) is 8. The van der Waals surface area contributed by atoms with Gasteiger partial charge in [0.05, 0.1) is 25.4 Å². The molecule has 542 valence electrons. The van der Waals surface area contributed by atoms with Gasteiger partial charge >= 0.3 is 0 Å². The van der Waals surface area contributed by atoms with E-state index in [0.717, 1.165) is 38.5 Å². The second kappa shape index (κ2) is 71.7. The van der Waals surface area contributed by atoms with Crippen molar-refractivity contribution >= 4 is 5.91 Å². The molecule has 1 rings (SSSR count). The van der Waals surface area contributed by atoms with Gasteiger partial charge in [0.15, 0.2) is 6.29 Å². The van der Waals surface area contributed by atoms with Gasteiger partial charge in [-0.15, -0.1) is 0 Å². The summed E-state index contributed by atoms with van der Waals surface area (Å²) in [6.45, 7) is 3.86. The number of carbonyl (C=O) groups is 1. The Morgan fingerprint density at radius 1 is 0.363 bits per heavy atom. The van der Waals surface area contributed by atoms with E-state index in [1.54, 1.807) is 6.08 Å². The van der Waals surface area contributed by atoms with Gasteiger partial charge in [-0.1, -0.05) is 437 Å². The van der Waals surface area contributed by atoms with Gasteiger partial charge in [0.25, 0.3) is 0 Å². The first-order valence-corrected chi connectivity index (χ1v) is 41.4. The molecule has 0 radical (unpaired) electrons. The normalized spacial score (nSPS) is 17.6. The number of unbranched alkanes of at least 4 members (excludes halogenated alkanes) is 65. The van der Waals surface area contributed by atoms with Crippen LogP contribution in [0.25, 0.3) is 0 Å². The Kier molecular flexibility index (Phi) is 69.3. The van der Waals surface area contributed by atoms with Crippen LogP contribution in [0.2, 0.25) is 0 Å². The van der Waals surface area contributed by atoms with Gasteiger partial charge in [-0.25, -0.2) is 0 Å². The van der Waals surface area contributed by atoms with E-state index in [-0.39, 0.29) is 12.5 Å². The lowest BCUT2D eigenvalue weighted by Crippen LogP contribution is -2.60. The topological polar surface area (TPSA) is 149 Å². The summed E-state index contributed by atoms with van der Waals surface area (Å²) < 4.78 is 11.4. The summed E-state index contributed by atoms with van der Waals surface area (Å²) in [6.07, 6.45) is 88.1. The molecule has 1 saturated heterocycles. The first-order chi connectivity index (χ1) is 44.8. The van der Waals surface area contributed by atoms with Crippen molar-refractivity contribution in [1.29, 1.82) is 0 Å². The van der Waals surface area contributed by atoms with Gasteiger partial charge in [0.2, 0.25) is 5.91 Å². The molecule has 9 nitrogen and oxygen atoms in total. The molecule has 1 aliphatic heterocycles. The molecule has 0 aliphatic carbocycles. The quantitative estimate of drug-likeness (QED) is 0.0261. The third-order valence-electron chi connectivity index (χ3n) is 20.4. The van der Waals surface area contributed by atoms with E-state index in [2.05, 4.69) is 19.2 Å². The van der Waals surface area contributed by atoms with Crippen LogP contribution in [0, 0.1) is 0 Å². The van der Waals surface area contributed by atoms with Crippen LogP contribution in [0.5, 0.6) is 0 Å². The van der Waals surface area contributed by atoms with Gasteiger partial charge in [0.1, 0.15) is 24.4 Å². The van der Waals surface area contributed by atoms with E-state index in [0.29, 0.717) is 6.42 Å². The maximum Gasteiger partial charge on any atom is 0.220 e. The fourth-order valence-electron chi connectivity index (χ4n) is 13.9. The second-order valence-electron chi connectivity index (χ2n) is 29.3. The molecule has 0 aromatic rings. The number of carbonyl (C=O) groups excluding carboxylic acids is 1. The average Bonchev–Trinajstić information content (AvgIpc) is 1.50. The molecule has 0 aromatic carbocycles. The van der Waals surface area contributed by atoms with Crippen molar-refractivity contribution in [3.05, 3.63) is 12.2 Å². The van der Waals surface area contributed by atoms with E-state index in [9.17, 15) is 30.3 Å². The van der Waals surface area contributed by atoms with Crippen molar-refractivity contribution < 1.29 is 39.8 Å². The largest absolute Gasteiger partial charge is 0.394 e. The van der Waals surface area contributed by atoms with Gasteiger partial charge in [-0.2, -0.15) is 0 Å². The van der Waals surface area contributed by atoms with Crippen LogP contribution in [0.1, 0.15) is 450 Å². The van der Waals surface area contributed by atoms with Crippen molar-refractivity contribution in [3.8, 4) is 0 Å². The Morgan fingerprint density at radius 3 is 0.857 bits per heavy atom. The Labute approximate surface area is 567 Å². The fraction of sp³-hybridized carbons (Fsp3) is 0.963. The van der Waals surface area contributed by atoms with Crippen LogP contribution in [0.15, 0.2) is 12.2 Å². The summed E-state index contributed by atoms with van der Waals surface area (Å²) >= 11 is 0. The summed E-state index contributed by atoms with van der Waals surface area (Å²) in [6, 6.07) is -0.803. The lowest BCUT2D eigenvalue weighted by molar-refractivity contribution is -0.302. The van der Waals surface area contributed by atoms with E-state index >= 15 is 0 Å². The molecule has 0 aromatic heterocycles. The molecule has 1 aliphatic rings. The number of hydrogen-bond donors (Lipinski definition) is 6. The Hall–Kier alpha value is -1.07. The molecular formula is C82H161NO8. The first kappa shape index (κ1) is 87.9. The summed E-state index contributed by atoms with van der Waals surface area (Å²) in [5.74, 6) is -0.165. The van der Waals surface area contributed by atoms with Crippen LogP contribution in [0.4, 0.5) is 0 Å². The predicted octanol–water partition coefficient (Wildman–Crippen LogP) is 23.8. The van der Waals surface area contributed by atoms with Crippen LogP contribution >= 0.6 is 0 Å². The molecule has 1 fully saturated rings. The van der Waals surface area contributed by atoms with E-state index in [4.69, 9.17) is 9.47 Å². The molecule has 0 saturated carbocycles. The highest BCUT2D eigenvalue weighted by molar-refractivity contribution is 5.76. The van der Waals surface area contributed by atoms with Gasteiger partial charge in [-0.05, 0) is 19.3 Å². The van der Waals surface area contributed by atoms with Gasteiger partial charge in [-0.3, -0.25) is 4.79 Å². The summed E-state index contributed by atoms with van der Waals surface area (Å²) in [5, 5.41) is 54.9. The van der Waals surface area contributed by atoms with E-state index < -0.39 is 49.5 Å².